The van der Waals surface area contributed by atoms with Gasteiger partial charge in [0.15, 0.2) is 0 Å². The van der Waals surface area contributed by atoms with Crippen LogP contribution in [0.1, 0.15) is 26.3 Å². The first kappa shape index (κ1) is 16.0. The van der Waals surface area contributed by atoms with E-state index in [2.05, 4.69) is 5.32 Å². The Bertz CT molecular complexity index is 498. The molecule has 0 unspecified atom stereocenters. The van der Waals surface area contributed by atoms with Gasteiger partial charge in [-0.2, -0.15) is 0 Å². The number of hydrogen-bond acceptors (Lipinski definition) is 2. The van der Waals surface area contributed by atoms with Crippen molar-refractivity contribution in [1.82, 2.24) is 5.32 Å². The van der Waals surface area contributed by atoms with Crippen LogP contribution in [0.5, 0.6) is 0 Å². The van der Waals surface area contributed by atoms with E-state index in [1.807, 2.05) is 38.1 Å². The summed E-state index contributed by atoms with van der Waals surface area (Å²) in [6, 6.07) is 7.35. The third kappa shape index (κ3) is 3.98. The summed E-state index contributed by atoms with van der Waals surface area (Å²) in [4.78, 5) is 24.8. The fourth-order valence-corrected chi connectivity index (χ4v) is 1.71. The van der Waals surface area contributed by atoms with Gasteiger partial charge < -0.3 is 10.4 Å². The number of carbonyl (C=O) groups excluding carboxylic acids is 1. The maximum Gasteiger partial charge on any atom is 0.321 e. The SMILES string of the molecule is CCN(C(=O)NCC(C)(C)C(=O)O)c1cccc(C)c1. The first-order chi connectivity index (χ1) is 9.27. The van der Waals surface area contributed by atoms with Crippen LogP contribution in [0.15, 0.2) is 24.3 Å². The molecule has 2 N–H and O–H groups in total. The monoisotopic (exact) mass is 278 g/mol. The van der Waals surface area contributed by atoms with E-state index in [1.165, 1.54) is 0 Å². The zero-order valence-corrected chi connectivity index (χ0v) is 12.4. The Kier molecular flexibility index (Phi) is 5.13. The number of carbonyl (C=O) groups is 2. The van der Waals surface area contributed by atoms with Crippen molar-refractivity contribution in [3.63, 3.8) is 0 Å². The number of carboxylic acid groups (broad SMARTS) is 1. The number of amides is 2. The van der Waals surface area contributed by atoms with E-state index in [1.54, 1.807) is 18.7 Å². The molecule has 0 bridgehead atoms. The second-order valence-corrected chi connectivity index (χ2v) is 5.43. The summed E-state index contributed by atoms with van der Waals surface area (Å²) in [6.45, 7) is 7.61. The van der Waals surface area contributed by atoms with E-state index in [9.17, 15) is 9.59 Å². The van der Waals surface area contributed by atoms with Crippen molar-refractivity contribution in [1.29, 1.82) is 0 Å². The minimum atomic E-state index is -0.984. The number of aryl methyl sites for hydroxylation is 1. The van der Waals surface area contributed by atoms with Gasteiger partial charge in [-0.3, -0.25) is 9.69 Å². The third-order valence-electron chi connectivity index (χ3n) is 3.14. The Morgan fingerprint density at radius 2 is 2.00 bits per heavy atom. The van der Waals surface area contributed by atoms with Crippen molar-refractivity contribution in [2.45, 2.75) is 27.7 Å². The Hall–Kier alpha value is -2.04. The lowest BCUT2D eigenvalue weighted by Gasteiger charge is -2.25. The number of carboxylic acids is 1. The van der Waals surface area contributed by atoms with Crippen LogP contribution >= 0.6 is 0 Å². The molecule has 0 aliphatic rings. The molecule has 0 radical (unpaired) electrons. The molecule has 0 saturated carbocycles. The van der Waals surface area contributed by atoms with Crippen molar-refractivity contribution in [2.24, 2.45) is 5.41 Å². The van der Waals surface area contributed by atoms with Gasteiger partial charge in [0, 0.05) is 18.8 Å². The van der Waals surface area contributed by atoms with Crippen molar-refractivity contribution in [3.05, 3.63) is 29.8 Å². The smallest absolute Gasteiger partial charge is 0.321 e. The lowest BCUT2D eigenvalue weighted by molar-refractivity contribution is -0.146. The predicted octanol–water partition coefficient (Wildman–Crippen LogP) is 2.64. The van der Waals surface area contributed by atoms with Gasteiger partial charge in [-0.15, -0.1) is 0 Å². The molecule has 1 rings (SSSR count). The standard InChI is InChI=1S/C15H22N2O3/c1-5-17(12-8-6-7-11(2)9-12)14(20)16-10-15(3,4)13(18)19/h6-9H,5,10H2,1-4H3,(H,16,20)(H,18,19). The van der Waals surface area contributed by atoms with Gasteiger partial charge in [0.1, 0.15) is 0 Å². The molecule has 0 spiro atoms. The van der Waals surface area contributed by atoms with E-state index < -0.39 is 11.4 Å². The van der Waals surface area contributed by atoms with Gasteiger partial charge in [0.25, 0.3) is 0 Å². The highest BCUT2D eigenvalue weighted by molar-refractivity contribution is 5.92. The topological polar surface area (TPSA) is 69.6 Å². The molecule has 5 nitrogen and oxygen atoms in total. The number of rotatable bonds is 5. The van der Waals surface area contributed by atoms with Crippen LogP contribution in [0.2, 0.25) is 0 Å². The van der Waals surface area contributed by atoms with E-state index in [0.29, 0.717) is 6.54 Å². The molecule has 0 fully saturated rings. The number of benzene rings is 1. The molecule has 2 amide bonds. The summed E-state index contributed by atoms with van der Waals surface area (Å²) in [7, 11) is 0. The quantitative estimate of drug-likeness (QED) is 0.870. The molecule has 1 aromatic rings. The molecule has 0 atom stereocenters. The summed E-state index contributed by atoms with van der Waals surface area (Å²) in [5.41, 5.74) is 0.888. The highest BCUT2D eigenvalue weighted by Gasteiger charge is 2.28. The van der Waals surface area contributed by atoms with Gasteiger partial charge in [-0.1, -0.05) is 12.1 Å². The van der Waals surface area contributed by atoms with Crippen LogP contribution in [0.25, 0.3) is 0 Å². The second-order valence-electron chi connectivity index (χ2n) is 5.43. The van der Waals surface area contributed by atoms with Crippen LogP contribution in [0.4, 0.5) is 10.5 Å². The van der Waals surface area contributed by atoms with E-state index in [-0.39, 0.29) is 12.6 Å². The maximum absolute atomic E-state index is 12.2. The molecule has 20 heavy (non-hydrogen) atoms. The molecule has 1 aromatic carbocycles. The van der Waals surface area contributed by atoms with Gasteiger partial charge in [-0.05, 0) is 45.4 Å². The summed E-state index contributed by atoms with van der Waals surface area (Å²) in [5, 5.41) is 11.7. The van der Waals surface area contributed by atoms with Gasteiger partial charge in [0.2, 0.25) is 0 Å². The molecular weight excluding hydrogens is 256 g/mol. The molecule has 5 heteroatoms. The second kappa shape index (κ2) is 6.41. The van der Waals surface area contributed by atoms with Crippen LogP contribution in [0, 0.1) is 12.3 Å². The fourth-order valence-electron chi connectivity index (χ4n) is 1.71. The highest BCUT2D eigenvalue weighted by Crippen LogP contribution is 2.17. The third-order valence-corrected chi connectivity index (χ3v) is 3.14. The molecule has 0 aromatic heterocycles. The Balaban J connectivity index is 2.76. The molecule has 0 heterocycles. The van der Waals surface area contributed by atoms with Crippen molar-refractivity contribution in [3.8, 4) is 0 Å². The average molecular weight is 278 g/mol. The van der Waals surface area contributed by atoms with Crippen molar-refractivity contribution >= 4 is 17.7 Å². The summed E-state index contributed by atoms with van der Waals surface area (Å²) in [5.74, 6) is -0.934. The van der Waals surface area contributed by atoms with Crippen LogP contribution in [0.3, 0.4) is 0 Å². The summed E-state index contributed by atoms with van der Waals surface area (Å²) >= 11 is 0. The molecule has 0 aliphatic carbocycles. The molecule has 0 aliphatic heterocycles. The Morgan fingerprint density at radius 3 is 2.50 bits per heavy atom. The Labute approximate surface area is 119 Å². The summed E-state index contributed by atoms with van der Waals surface area (Å²) < 4.78 is 0. The number of anilines is 1. The van der Waals surface area contributed by atoms with Gasteiger partial charge >= 0.3 is 12.0 Å². The van der Waals surface area contributed by atoms with Crippen LogP contribution < -0.4 is 10.2 Å². The first-order valence-electron chi connectivity index (χ1n) is 6.63. The average Bonchev–Trinajstić information content (AvgIpc) is 2.37. The zero-order chi connectivity index (χ0) is 15.3. The number of nitrogens with zero attached hydrogens (tertiary/aromatic N) is 1. The predicted molar refractivity (Wildman–Crippen MR) is 79.0 cm³/mol. The maximum atomic E-state index is 12.2. The van der Waals surface area contributed by atoms with E-state index >= 15 is 0 Å². The number of aliphatic carboxylic acids is 1. The van der Waals surface area contributed by atoms with Crippen molar-refractivity contribution in [2.75, 3.05) is 18.0 Å². The fraction of sp³-hybridized carbons (Fsp3) is 0.467. The minimum absolute atomic E-state index is 0.0868. The van der Waals surface area contributed by atoms with E-state index in [4.69, 9.17) is 5.11 Å². The number of urea groups is 1. The normalized spacial score (nSPS) is 11.0. The lowest BCUT2D eigenvalue weighted by Crippen LogP contribution is -2.45. The van der Waals surface area contributed by atoms with Crippen molar-refractivity contribution < 1.29 is 14.7 Å². The number of nitrogens with one attached hydrogen (secondary N) is 1. The first-order valence-corrected chi connectivity index (χ1v) is 6.63. The number of hydrogen-bond donors (Lipinski definition) is 2. The van der Waals surface area contributed by atoms with Crippen LogP contribution in [-0.4, -0.2) is 30.2 Å². The molecular formula is C15H22N2O3. The summed E-state index contributed by atoms with van der Waals surface area (Å²) in [6.07, 6.45) is 0. The largest absolute Gasteiger partial charge is 0.481 e. The van der Waals surface area contributed by atoms with E-state index in [0.717, 1.165) is 11.3 Å². The zero-order valence-electron chi connectivity index (χ0n) is 12.4. The van der Waals surface area contributed by atoms with Gasteiger partial charge in [-0.25, -0.2) is 4.79 Å². The molecule has 0 saturated heterocycles. The highest BCUT2D eigenvalue weighted by atomic mass is 16.4. The van der Waals surface area contributed by atoms with Crippen LogP contribution in [-0.2, 0) is 4.79 Å². The lowest BCUT2D eigenvalue weighted by atomic mass is 9.94. The minimum Gasteiger partial charge on any atom is -0.481 e. The molecule has 110 valence electrons. The van der Waals surface area contributed by atoms with Gasteiger partial charge in [0.05, 0.1) is 5.41 Å². The Morgan fingerprint density at radius 1 is 1.35 bits per heavy atom.